The molecule has 128 valence electrons. The lowest BCUT2D eigenvalue weighted by Gasteiger charge is -2.03. The summed E-state index contributed by atoms with van der Waals surface area (Å²) in [5, 5.41) is 5.22. The summed E-state index contributed by atoms with van der Waals surface area (Å²) >= 11 is 0. The van der Waals surface area contributed by atoms with Crippen molar-refractivity contribution < 1.29 is 0 Å². The zero-order valence-corrected chi connectivity index (χ0v) is 14.6. The molecule has 2 aromatic heterocycles. The van der Waals surface area contributed by atoms with E-state index in [0.717, 1.165) is 22.6 Å². The second kappa shape index (κ2) is 6.44. The molecule has 26 heavy (non-hydrogen) atoms. The summed E-state index contributed by atoms with van der Waals surface area (Å²) < 4.78 is 1.92. The Balaban J connectivity index is 1.74. The molecule has 0 aliphatic rings. The number of hydrogen-bond acceptors (Lipinski definition) is 3. The van der Waals surface area contributed by atoms with Crippen LogP contribution in [0.15, 0.2) is 59.4 Å². The molecule has 0 spiro atoms. The Morgan fingerprint density at radius 1 is 0.962 bits per heavy atom. The van der Waals surface area contributed by atoms with Gasteiger partial charge in [-0.25, -0.2) is 9.67 Å². The van der Waals surface area contributed by atoms with Crippen molar-refractivity contribution in [1.82, 2.24) is 19.7 Å². The highest BCUT2D eigenvalue weighted by Crippen LogP contribution is 2.20. The average molecular weight is 342 g/mol. The van der Waals surface area contributed by atoms with E-state index < -0.39 is 0 Å². The molecule has 2 heterocycles. The maximum atomic E-state index is 12.2. The number of hydrogen-bond donors (Lipinski definition) is 1. The monoisotopic (exact) mass is 342 g/mol. The van der Waals surface area contributed by atoms with E-state index >= 15 is 0 Å². The minimum atomic E-state index is -0.135. The Bertz CT molecular complexity index is 1170. The Morgan fingerprint density at radius 3 is 2.50 bits per heavy atom. The van der Waals surface area contributed by atoms with Crippen LogP contribution in [-0.2, 0) is 0 Å². The maximum absolute atomic E-state index is 12.2. The molecule has 4 rings (SSSR count). The van der Waals surface area contributed by atoms with E-state index in [1.165, 1.54) is 0 Å². The van der Waals surface area contributed by atoms with Crippen LogP contribution >= 0.6 is 0 Å². The van der Waals surface area contributed by atoms with Crippen LogP contribution in [0.2, 0.25) is 0 Å². The Morgan fingerprint density at radius 2 is 1.69 bits per heavy atom. The highest BCUT2D eigenvalue weighted by molar-refractivity contribution is 5.79. The number of aromatic nitrogens is 4. The molecule has 1 N–H and O–H groups in total. The summed E-state index contributed by atoms with van der Waals surface area (Å²) in [4.78, 5) is 19.5. The van der Waals surface area contributed by atoms with Crippen molar-refractivity contribution in [3.63, 3.8) is 0 Å². The molecule has 0 bridgehead atoms. The van der Waals surface area contributed by atoms with Crippen LogP contribution < -0.4 is 5.56 Å². The number of fused-ring (bicyclic) bond motifs is 1. The molecule has 0 atom stereocenters. The molecule has 0 unspecified atom stereocenters. The van der Waals surface area contributed by atoms with Crippen molar-refractivity contribution in [3.8, 4) is 5.69 Å². The van der Waals surface area contributed by atoms with Crippen LogP contribution in [0.3, 0.4) is 0 Å². The lowest BCUT2D eigenvalue weighted by molar-refractivity contribution is 0.833. The highest BCUT2D eigenvalue weighted by atomic mass is 16.1. The smallest absolute Gasteiger partial charge is 0.259 e. The first-order valence-corrected chi connectivity index (χ1v) is 8.42. The van der Waals surface area contributed by atoms with E-state index in [0.29, 0.717) is 16.7 Å². The highest BCUT2D eigenvalue weighted by Gasteiger charge is 2.10. The third-order valence-corrected chi connectivity index (χ3v) is 4.39. The number of para-hydroxylation sites is 2. The standard InChI is InChI=1S/C21H18N4O/c1-14-17(15(2)25(24-14)16-8-4-3-5-9-16)12-13-20-22-19-11-7-6-10-18(19)21(26)23-20/h3-13H,1-2H3,(H,22,23,26)/b13-12+. The van der Waals surface area contributed by atoms with Crippen LogP contribution in [0.1, 0.15) is 22.8 Å². The topological polar surface area (TPSA) is 63.6 Å². The van der Waals surface area contributed by atoms with Gasteiger partial charge in [0.05, 0.1) is 22.3 Å². The van der Waals surface area contributed by atoms with Gasteiger partial charge in [-0.2, -0.15) is 5.10 Å². The minimum absolute atomic E-state index is 0.135. The first kappa shape index (κ1) is 16.0. The fraction of sp³-hybridized carbons (Fsp3) is 0.0952. The van der Waals surface area contributed by atoms with Gasteiger partial charge in [0.2, 0.25) is 0 Å². The zero-order chi connectivity index (χ0) is 18.1. The summed E-state index contributed by atoms with van der Waals surface area (Å²) in [5.41, 5.74) is 4.54. The van der Waals surface area contributed by atoms with E-state index in [-0.39, 0.29) is 5.56 Å². The van der Waals surface area contributed by atoms with Gasteiger partial charge in [-0.15, -0.1) is 0 Å². The van der Waals surface area contributed by atoms with Gasteiger partial charge in [-0.1, -0.05) is 30.3 Å². The number of aromatic amines is 1. The zero-order valence-electron chi connectivity index (χ0n) is 14.6. The van der Waals surface area contributed by atoms with Crippen molar-refractivity contribution in [2.75, 3.05) is 0 Å². The Hall–Kier alpha value is -3.47. The lowest BCUT2D eigenvalue weighted by atomic mass is 10.1. The Labute approximate surface area is 150 Å². The third-order valence-electron chi connectivity index (χ3n) is 4.39. The van der Waals surface area contributed by atoms with E-state index in [4.69, 9.17) is 0 Å². The molecule has 0 aliphatic heterocycles. The van der Waals surface area contributed by atoms with Gasteiger partial charge in [0.15, 0.2) is 0 Å². The molecular weight excluding hydrogens is 324 g/mol. The summed E-state index contributed by atoms with van der Waals surface area (Å²) in [6.45, 7) is 4.01. The molecule has 4 aromatic rings. The van der Waals surface area contributed by atoms with Crippen molar-refractivity contribution >= 4 is 23.1 Å². The van der Waals surface area contributed by atoms with E-state index in [1.807, 2.05) is 79.2 Å². The summed E-state index contributed by atoms with van der Waals surface area (Å²) in [5.74, 6) is 0.528. The molecule has 2 aromatic carbocycles. The molecule has 0 saturated heterocycles. The normalized spacial score (nSPS) is 11.5. The molecule has 0 saturated carbocycles. The van der Waals surface area contributed by atoms with Gasteiger partial charge in [0.25, 0.3) is 5.56 Å². The molecule has 5 nitrogen and oxygen atoms in total. The van der Waals surface area contributed by atoms with Gasteiger partial charge in [0, 0.05) is 11.3 Å². The fourth-order valence-corrected chi connectivity index (χ4v) is 3.06. The summed E-state index contributed by atoms with van der Waals surface area (Å²) in [6, 6.07) is 17.3. The van der Waals surface area contributed by atoms with Gasteiger partial charge >= 0.3 is 0 Å². The van der Waals surface area contributed by atoms with E-state index in [9.17, 15) is 4.79 Å². The maximum Gasteiger partial charge on any atom is 0.259 e. The van der Waals surface area contributed by atoms with Crippen LogP contribution in [0, 0.1) is 13.8 Å². The van der Waals surface area contributed by atoms with Crippen molar-refractivity contribution in [1.29, 1.82) is 0 Å². The largest absolute Gasteiger partial charge is 0.306 e. The van der Waals surface area contributed by atoms with Gasteiger partial charge in [-0.05, 0) is 50.3 Å². The van der Waals surface area contributed by atoms with Crippen LogP contribution in [0.4, 0.5) is 0 Å². The second-order valence-corrected chi connectivity index (χ2v) is 6.13. The van der Waals surface area contributed by atoms with Gasteiger partial charge in [-0.3, -0.25) is 4.79 Å². The molecule has 0 aliphatic carbocycles. The predicted octanol–water partition coefficient (Wildman–Crippen LogP) is 3.90. The first-order chi connectivity index (χ1) is 12.6. The van der Waals surface area contributed by atoms with E-state index in [2.05, 4.69) is 15.1 Å². The lowest BCUT2D eigenvalue weighted by Crippen LogP contribution is -2.09. The average Bonchev–Trinajstić information content (AvgIpc) is 2.95. The summed E-state index contributed by atoms with van der Waals surface area (Å²) in [7, 11) is 0. The van der Waals surface area contributed by atoms with Gasteiger partial charge in [0.1, 0.15) is 5.82 Å². The Kier molecular flexibility index (Phi) is 3.97. The predicted molar refractivity (Wildman–Crippen MR) is 104 cm³/mol. The van der Waals surface area contributed by atoms with E-state index in [1.54, 1.807) is 6.07 Å². The van der Waals surface area contributed by atoms with Crippen LogP contribution in [0.25, 0.3) is 28.7 Å². The minimum Gasteiger partial charge on any atom is -0.306 e. The number of benzene rings is 2. The molecular formula is C21H18N4O. The number of nitrogens with zero attached hydrogens (tertiary/aromatic N) is 3. The second-order valence-electron chi connectivity index (χ2n) is 6.13. The fourth-order valence-electron chi connectivity index (χ4n) is 3.06. The SMILES string of the molecule is Cc1nn(-c2ccccc2)c(C)c1/C=C/c1nc2ccccc2c(=O)[nH]1. The van der Waals surface area contributed by atoms with Crippen molar-refractivity contribution in [2.24, 2.45) is 0 Å². The number of H-pyrrole nitrogens is 1. The number of nitrogens with one attached hydrogen (secondary N) is 1. The summed E-state index contributed by atoms with van der Waals surface area (Å²) in [6.07, 6.45) is 3.77. The van der Waals surface area contributed by atoms with Crippen molar-refractivity contribution in [3.05, 3.63) is 87.7 Å². The van der Waals surface area contributed by atoms with Crippen molar-refractivity contribution in [2.45, 2.75) is 13.8 Å². The van der Waals surface area contributed by atoms with Crippen LogP contribution in [0.5, 0.6) is 0 Å². The molecule has 0 amide bonds. The third kappa shape index (κ3) is 2.84. The number of aryl methyl sites for hydroxylation is 1. The van der Waals surface area contributed by atoms with Gasteiger partial charge < -0.3 is 4.98 Å². The quantitative estimate of drug-likeness (QED) is 0.614. The number of rotatable bonds is 3. The molecule has 5 heteroatoms. The molecule has 0 fully saturated rings. The first-order valence-electron chi connectivity index (χ1n) is 8.42. The molecule has 0 radical (unpaired) electrons. The van der Waals surface area contributed by atoms with Crippen LogP contribution in [-0.4, -0.2) is 19.7 Å².